The van der Waals surface area contributed by atoms with E-state index in [1.165, 1.54) is 22.0 Å². The molecule has 1 fully saturated rings. The van der Waals surface area contributed by atoms with Crippen LogP contribution in [0.15, 0.2) is 35.0 Å². The third-order valence-corrected chi connectivity index (χ3v) is 4.94. The van der Waals surface area contributed by atoms with Gasteiger partial charge in [-0.05, 0) is 35.4 Å². The highest BCUT2D eigenvalue weighted by Crippen LogP contribution is 2.26. The van der Waals surface area contributed by atoms with Gasteiger partial charge in [0.05, 0.1) is 6.54 Å². The standard InChI is InChI=1S/C18H22N6O2/c1-14-15-5-2-3-6-16(15)26-17(14)11-22-7-4-8-23(10-9-22)18(25)12-24-13-19-20-21-24/h2-3,5-6,13H,4,7-12H2,1H3. The monoisotopic (exact) mass is 354 g/mol. The molecule has 26 heavy (non-hydrogen) atoms. The Kier molecular flexibility index (Phi) is 4.66. The summed E-state index contributed by atoms with van der Waals surface area (Å²) < 4.78 is 7.50. The van der Waals surface area contributed by atoms with Crippen molar-refractivity contribution in [3.63, 3.8) is 0 Å². The number of fused-ring (bicyclic) bond motifs is 1. The lowest BCUT2D eigenvalue weighted by atomic mass is 10.1. The Morgan fingerprint density at radius 3 is 2.88 bits per heavy atom. The molecule has 0 spiro atoms. The molecule has 0 bridgehead atoms. The van der Waals surface area contributed by atoms with Crippen molar-refractivity contribution in [2.75, 3.05) is 26.2 Å². The van der Waals surface area contributed by atoms with Crippen molar-refractivity contribution >= 4 is 16.9 Å². The molecular weight excluding hydrogens is 332 g/mol. The molecule has 0 unspecified atom stereocenters. The molecule has 1 saturated heterocycles. The van der Waals surface area contributed by atoms with E-state index in [2.05, 4.69) is 33.4 Å². The van der Waals surface area contributed by atoms with Crippen LogP contribution in [0.3, 0.4) is 0 Å². The molecule has 0 aliphatic carbocycles. The summed E-state index contributed by atoms with van der Waals surface area (Å²) in [5, 5.41) is 12.1. The first-order chi connectivity index (χ1) is 12.7. The van der Waals surface area contributed by atoms with Crippen LogP contribution in [0, 0.1) is 6.92 Å². The number of aromatic nitrogens is 4. The molecule has 8 heteroatoms. The molecule has 0 radical (unpaired) electrons. The lowest BCUT2D eigenvalue weighted by molar-refractivity contribution is -0.131. The van der Waals surface area contributed by atoms with Crippen LogP contribution >= 0.6 is 0 Å². The van der Waals surface area contributed by atoms with Gasteiger partial charge in [0.25, 0.3) is 0 Å². The second-order valence-electron chi connectivity index (χ2n) is 6.66. The summed E-state index contributed by atoms with van der Waals surface area (Å²) in [5.74, 6) is 1.07. The first-order valence-electron chi connectivity index (χ1n) is 8.88. The van der Waals surface area contributed by atoms with Gasteiger partial charge in [-0.15, -0.1) is 5.10 Å². The minimum absolute atomic E-state index is 0.0547. The molecular formula is C18H22N6O2. The lowest BCUT2D eigenvalue weighted by Crippen LogP contribution is -2.37. The second-order valence-corrected chi connectivity index (χ2v) is 6.66. The first kappa shape index (κ1) is 16.7. The van der Waals surface area contributed by atoms with Crippen LogP contribution in [0.4, 0.5) is 0 Å². The zero-order chi connectivity index (χ0) is 17.9. The molecule has 1 aromatic carbocycles. The van der Waals surface area contributed by atoms with Gasteiger partial charge in [0.1, 0.15) is 24.2 Å². The van der Waals surface area contributed by atoms with Gasteiger partial charge in [-0.3, -0.25) is 9.69 Å². The molecule has 3 heterocycles. The fraction of sp³-hybridized carbons (Fsp3) is 0.444. The van der Waals surface area contributed by atoms with E-state index < -0.39 is 0 Å². The van der Waals surface area contributed by atoms with Crippen molar-refractivity contribution in [1.82, 2.24) is 30.0 Å². The van der Waals surface area contributed by atoms with Gasteiger partial charge in [-0.1, -0.05) is 18.2 Å². The molecule has 136 valence electrons. The van der Waals surface area contributed by atoms with E-state index in [0.29, 0.717) is 6.54 Å². The van der Waals surface area contributed by atoms with Gasteiger partial charge < -0.3 is 9.32 Å². The van der Waals surface area contributed by atoms with Crippen molar-refractivity contribution in [3.05, 3.63) is 41.9 Å². The maximum absolute atomic E-state index is 12.4. The van der Waals surface area contributed by atoms with Gasteiger partial charge in [-0.25, -0.2) is 4.68 Å². The number of rotatable bonds is 4. The molecule has 3 aromatic rings. The quantitative estimate of drug-likeness (QED) is 0.706. The Balaban J connectivity index is 1.38. The number of carbonyl (C=O) groups excluding carboxylic acids is 1. The molecule has 0 saturated carbocycles. The molecule has 2 aromatic heterocycles. The summed E-state index contributed by atoms with van der Waals surface area (Å²) in [5.41, 5.74) is 2.14. The summed E-state index contributed by atoms with van der Waals surface area (Å²) in [6.45, 7) is 6.33. The number of nitrogens with zero attached hydrogens (tertiary/aromatic N) is 6. The van der Waals surface area contributed by atoms with Gasteiger partial charge in [0, 0.05) is 31.6 Å². The van der Waals surface area contributed by atoms with Crippen LogP contribution in [0.5, 0.6) is 0 Å². The van der Waals surface area contributed by atoms with Gasteiger partial charge in [0.2, 0.25) is 5.91 Å². The summed E-state index contributed by atoms with van der Waals surface area (Å²) >= 11 is 0. The maximum Gasteiger partial charge on any atom is 0.244 e. The number of furan rings is 1. The van der Waals surface area contributed by atoms with Crippen molar-refractivity contribution in [1.29, 1.82) is 0 Å². The number of tetrazole rings is 1. The maximum atomic E-state index is 12.4. The fourth-order valence-electron chi connectivity index (χ4n) is 3.45. The molecule has 0 N–H and O–H groups in total. The lowest BCUT2D eigenvalue weighted by Gasteiger charge is -2.21. The van der Waals surface area contributed by atoms with Crippen LogP contribution in [0.2, 0.25) is 0 Å². The van der Waals surface area contributed by atoms with Crippen molar-refractivity contribution in [2.24, 2.45) is 0 Å². The molecule has 1 aliphatic rings. The van der Waals surface area contributed by atoms with Crippen molar-refractivity contribution in [3.8, 4) is 0 Å². The highest BCUT2D eigenvalue weighted by atomic mass is 16.3. The minimum atomic E-state index is 0.0547. The van der Waals surface area contributed by atoms with Crippen molar-refractivity contribution < 1.29 is 9.21 Å². The minimum Gasteiger partial charge on any atom is -0.459 e. The van der Waals surface area contributed by atoms with E-state index in [4.69, 9.17) is 4.42 Å². The number of benzene rings is 1. The molecule has 8 nitrogen and oxygen atoms in total. The van der Waals surface area contributed by atoms with Crippen LogP contribution in [0.25, 0.3) is 11.0 Å². The van der Waals surface area contributed by atoms with Crippen LogP contribution in [-0.4, -0.2) is 62.1 Å². The summed E-state index contributed by atoms with van der Waals surface area (Å²) in [4.78, 5) is 16.7. The van der Waals surface area contributed by atoms with E-state index in [0.717, 1.165) is 43.9 Å². The second kappa shape index (κ2) is 7.25. The van der Waals surface area contributed by atoms with E-state index in [-0.39, 0.29) is 12.5 Å². The normalized spacial score (nSPS) is 16.1. The number of aryl methyl sites for hydroxylation is 1. The Hall–Kier alpha value is -2.74. The van der Waals surface area contributed by atoms with Crippen molar-refractivity contribution in [2.45, 2.75) is 26.4 Å². The van der Waals surface area contributed by atoms with Crippen LogP contribution < -0.4 is 0 Å². The smallest absolute Gasteiger partial charge is 0.244 e. The highest BCUT2D eigenvalue weighted by Gasteiger charge is 2.21. The topological polar surface area (TPSA) is 80.3 Å². The summed E-state index contributed by atoms with van der Waals surface area (Å²) in [7, 11) is 0. The zero-order valence-corrected chi connectivity index (χ0v) is 14.8. The van der Waals surface area contributed by atoms with E-state index in [1.807, 2.05) is 23.1 Å². The Morgan fingerprint density at radius 2 is 2.08 bits per heavy atom. The molecule has 1 aliphatic heterocycles. The van der Waals surface area contributed by atoms with Crippen LogP contribution in [0.1, 0.15) is 17.7 Å². The predicted octanol–water partition coefficient (Wildman–Crippen LogP) is 1.46. The number of amides is 1. The molecule has 4 rings (SSSR count). The third kappa shape index (κ3) is 3.45. The average Bonchev–Trinajstić information content (AvgIpc) is 3.18. The third-order valence-electron chi connectivity index (χ3n) is 4.94. The largest absolute Gasteiger partial charge is 0.459 e. The predicted molar refractivity (Wildman–Crippen MR) is 95.2 cm³/mol. The number of para-hydroxylation sites is 1. The summed E-state index contributed by atoms with van der Waals surface area (Å²) in [6, 6.07) is 8.14. The number of hydrogen-bond donors (Lipinski definition) is 0. The molecule has 1 amide bonds. The summed E-state index contributed by atoms with van der Waals surface area (Å²) in [6.07, 6.45) is 2.41. The number of carbonyl (C=O) groups is 1. The number of hydrogen-bond acceptors (Lipinski definition) is 6. The highest BCUT2D eigenvalue weighted by molar-refractivity contribution is 5.81. The van der Waals surface area contributed by atoms with E-state index >= 15 is 0 Å². The SMILES string of the molecule is Cc1c(CN2CCCN(C(=O)Cn3cnnn3)CC2)oc2ccccc12. The van der Waals surface area contributed by atoms with Gasteiger partial charge in [0.15, 0.2) is 0 Å². The Bertz CT molecular complexity index is 888. The first-order valence-corrected chi connectivity index (χ1v) is 8.88. The Labute approximate surface area is 151 Å². The zero-order valence-electron chi connectivity index (χ0n) is 14.8. The van der Waals surface area contributed by atoms with E-state index in [9.17, 15) is 4.79 Å². The molecule has 0 atom stereocenters. The van der Waals surface area contributed by atoms with Crippen LogP contribution in [-0.2, 0) is 17.9 Å². The fourth-order valence-corrected chi connectivity index (χ4v) is 3.45. The Morgan fingerprint density at radius 1 is 1.19 bits per heavy atom. The van der Waals surface area contributed by atoms with Gasteiger partial charge >= 0.3 is 0 Å². The van der Waals surface area contributed by atoms with E-state index in [1.54, 1.807) is 0 Å². The van der Waals surface area contributed by atoms with Gasteiger partial charge in [-0.2, -0.15) is 0 Å². The average molecular weight is 354 g/mol.